The first-order valence-electron chi connectivity index (χ1n) is 10.5. The summed E-state index contributed by atoms with van der Waals surface area (Å²) < 4.78 is 28.8. The number of fused-ring (bicyclic) bond motifs is 1. The van der Waals surface area contributed by atoms with Crippen LogP contribution in [0.2, 0.25) is 5.02 Å². The van der Waals surface area contributed by atoms with Gasteiger partial charge in [0.2, 0.25) is 10.0 Å². The Labute approximate surface area is 195 Å². The van der Waals surface area contributed by atoms with Gasteiger partial charge in [0, 0.05) is 23.1 Å². The Morgan fingerprint density at radius 1 is 0.935 bits per heavy atom. The first-order valence-corrected chi connectivity index (χ1v) is 12.3. The molecule has 2 N–H and O–H groups in total. The second-order valence-corrected chi connectivity index (χ2v) is 10.2. The van der Waals surface area contributed by atoms with E-state index < -0.39 is 10.0 Å². The van der Waals surface area contributed by atoms with E-state index in [9.17, 15) is 8.42 Å². The molecule has 166 valence electrons. The molecule has 4 nitrogen and oxygen atoms in total. The van der Waals surface area contributed by atoms with Gasteiger partial charge in [0.1, 0.15) is 0 Å². The van der Waals surface area contributed by atoms with Crippen molar-refractivity contribution in [3.8, 4) is 0 Å². The lowest BCUT2D eigenvalue weighted by molar-refractivity contribution is 0.291. The van der Waals surface area contributed by atoms with Crippen LogP contribution in [-0.4, -0.2) is 20.5 Å². The molecular weight excluding hydrogens is 451 g/mol. The average molecular weight is 479 g/mol. The fourth-order valence-electron chi connectivity index (χ4n) is 4.41. The summed E-state index contributed by atoms with van der Waals surface area (Å²) in [7, 11) is -3.62. The number of benzene rings is 3. The average Bonchev–Trinajstić information content (AvgIpc) is 2.74. The van der Waals surface area contributed by atoms with E-state index in [4.69, 9.17) is 11.6 Å². The lowest BCUT2D eigenvalue weighted by Crippen LogP contribution is -2.52. The van der Waals surface area contributed by atoms with Crippen LogP contribution in [0.5, 0.6) is 0 Å². The van der Waals surface area contributed by atoms with E-state index in [1.807, 2.05) is 6.07 Å². The summed E-state index contributed by atoms with van der Waals surface area (Å²) >= 11 is 6.00. The van der Waals surface area contributed by atoms with Crippen molar-refractivity contribution >= 4 is 44.8 Å². The Morgan fingerprint density at radius 3 is 2.39 bits per heavy atom. The minimum atomic E-state index is -3.62. The Hall–Kier alpha value is -1.63. The van der Waals surface area contributed by atoms with Gasteiger partial charge >= 0.3 is 0 Å². The molecule has 7 heteroatoms. The van der Waals surface area contributed by atoms with E-state index in [0.29, 0.717) is 5.02 Å². The zero-order chi connectivity index (χ0) is 21.1. The number of hydrogen-bond acceptors (Lipinski definition) is 3. The van der Waals surface area contributed by atoms with Crippen molar-refractivity contribution in [3.63, 3.8) is 0 Å². The number of halogens is 2. The largest absolute Gasteiger partial charge is 0.306 e. The molecule has 1 fully saturated rings. The molecule has 31 heavy (non-hydrogen) atoms. The molecule has 0 bridgehead atoms. The summed E-state index contributed by atoms with van der Waals surface area (Å²) in [6.07, 6.45) is 3.87. The highest BCUT2D eigenvalue weighted by Gasteiger charge is 2.30. The van der Waals surface area contributed by atoms with Gasteiger partial charge in [0.15, 0.2) is 0 Å². The molecule has 0 radical (unpaired) electrons. The van der Waals surface area contributed by atoms with Crippen LogP contribution in [0, 0.1) is 0 Å². The minimum absolute atomic E-state index is 0. The molecule has 1 aliphatic rings. The van der Waals surface area contributed by atoms with Crippen LogP contribution in [0.15, 0.2) is 71.6 Å². The highest BCUT2D eigenvalue weighted by molar-refractivity contribution is 7.89. The normalized spacial score (nSPS) is 20.2. The Morgan fingerprint density at radius 2 is 1.61 bits per heavy atom. The first-order chi connectivity index (χ1) is 14.4. The standard InChI is InChI=1S/C24H27ClN2O2S.ClH/c1-17(21-13-6-9-18-8-2-3-12-22(18)21)26-23-14-4-5-15-24(23)27-30(28,29)20-11-7-10-19(25)16-20;/h2-3,6-13,16-17,23-24,26-27H,4-5,14-15H2,1H3;1H/t17?,23-,24-;/m1./s1. The number of sulfonamides is 1. The van der Waals surface area contributed by atoms with Gasteiger partial charge in [-0.1, -0.05) is 73.0 Å². The van der Waals surface area contributed by atoms with E-state index in [0.717, 1.165) is 25.7 Å². The molecule has 0 aliphatic heterocycles. The van der Waals surface area contributed by atoms with Gasteiger partial charge in [0.05, 0.1) is 4.90 Å². The molecule has 0 spiro atoms. The molecule has 0 saturated heterocycles. The summed E-state index contributed by atoms with van der Waals surface area (Å²) in [6.45, 7) is 2.15. The minimum Gasteiger partial charge on any atom is -0.306 e. The molecular formula is C24H28Cl2N2O2S. The van der Waals surface area contributed by atoms with Gasteiger partial charge in [0.25, 0.3) is 0 Å². The third-order valence-electron chi connectivity index (χ3n) is 5.93. The van der Waals surface area contributed by atoms with Crippen molar-refractivity contribution < 1.29 is 8.42 Å². The summed E-state index contributed by atoms with van der Waals surface area (Å²) in [4.78, 5) is 0.210. The van der Waals surface area contributed by atoms with E-state index in [1.165, 1.54) is 22.4 Å². The zero-order valence-electron chi connectivity index (χ0n) is 17.4. The third-order valence-corrected chi connectivity index (χ3v) is 7.66. The summed E-state index contributed by atoms with van der Waals surface area (Å²) in [5.74, 6) is 0. The molecule has 3 aromatic carbocycles. The number of hydrogen-bond donors (Lipinski definition) is 2. The molecule has 0 heterocycles. The number of nitrogens with one attached hydrogen (secondary N) is 2. The van der Waals surface area contributed by atoms with Crippen LogP contribution < -0.4 is 10.0 Å². The van der Waals surface area contributed by atoms with Crippen LogP contribution in [-0.2, 0) is 10.0 Å². The maximum Gasteiger partial charge on any atom is 0.240 e. The Balaban J connectivity index is 0.00000272. The lowest BCUT2D eigenvalue weighted by Gasteiger charge is -2.35. The Bertz CT molecular complexity index is 1130. The molecule has 0 amide bonds. The molecule has 3 aromatic rings. The van der Waals surface area contributed by atoms with Gasteiger partial charge in [-0.25, -0.2) is 13.1 Å². The summed E-state index contributed by atoms with van der Waals surface area (Å²) in [6, 6.07) is 21.2. The summed E-state index contributed by atoms with van der Waals surface area (Å²) in [5.41, 5.74) is 1.23. The van der Waals surface area contributed by atoms with Crippen LogP contribution in [0.25, 0.3) is 10.8 Å². The van der Waals surface area contributed by atoms with Crippen molar-refractivity contribution in [1.82, 2.24) is 10.0 Å². The lowest BCUT2D eigenvalue weighted by atomic mass is 9.89. The van der Waals surface area contributed by atoms with E-state index >= 15 is 0 Å². The van der Waals surface area contributed by atoms with E-state index in [1.54, 1.807) is 18.2 Å². The quantitative estimate of drug-likeness (QED) is 0.466. The summed E-state index contributed by atoms with van der Waals surface area (Å²) in [5, 5.41) is 6.57. The topological polar surface area (TPSA) is 58.2 Å². The van der Waals surface area contributed by atoms with Crippen LogP contribution >= 0.6 is 24.0 Å². The van der Waals surface area contributed by atoms with Crippen LogP contribution in [0.1, 0.15) is 44.2 Å². The maximum absolute atomic E-state index is 12.9. The van der Waals surface area contributed by atoms with Crippen LogP contribution in [0.3, 0.4) is 0 Å². The molecule has 1 aliphatic carbocycles. The van der Waals surface area contributed by atoms with Gasteiger partial charge in [-0.2, -0.15) is 0 Å². The van der Waals surface area contributed by atoms with Crippen molar-refractivity contribution in [2.24, 2.45) is 0 Å². The molecule has 0 aromatic heterocycles. The smallest absolute Gasteiger partial charge is 0.240 e. The van der Waals surface area contributed by atoms with Gasteiger partial charge in [-0.15, -0.1) is 12.4 Å². The molecule has 1 unspecified atom stereocenters. The second-order valence-electron chi connectivity index (χ2n) is 8.03. The first kappa shape index (κ1) is 24.0. The van der Waals surface area contributed by atoms with Crippen molar-refractivity contribution in [2.45, 2.75) is 55.6 Å². The van der Waals surface area contributed by atoms with Gasteiger partial charge in [-0.05, 0) is 54.3 Å². The molecule has 4 rings (SSSR count). The predicted octanol–water partition coefficient (Wildman–Crippen LogP) is 5.86. The Kier molecular flexibility index (Phi) is 8.00. The van der Waals surface area contributed by atoms with E-state index in [-0.39, 0.29) is 35.4 Å². The highest BCUT2D eigenvalue weighted by Crippen LogP contribution is 2.28. The van der Waals surface area contributed by atoms with Crippen LogP contribution in [0.4, 0.5) is 0 Å². The number of rotatable bonds is 6. The molecule has 1 saturated carbocycles. The van der Waals surface area contributed by atoms with Crippen molar-refractivity contribution in [2.75, 3.05) is 0 Å². The fraction of sp³-hybridized carbons (Fsp3) is 0.333. The van der Waals surface area contributed by atoms with Crippen molar-refractivity contribution in [1.29, 1.82) is 0 Å². The van der Waals surface area contributed by atoms with Gasteiger partial charge < -0.3 is 5.32 Å². The molecule has 3 atom stereocenters. The van der Waals surface area contributed by atoms with Crippen molar-refractivity contribution in [3.05, 3.63) is 77.3 Å². The fourth-order valence-corrected chi connectivity index (χ4v) is 6.02. The maximum atomic E-state index is 12.9. The third kappa shape index (κ3) is 5.60. The second kappa shape index (κ2) is 10.3. The monoisotopic (exact) mass is 478 g/mol. The predicted molar refractivity (Wildman–Crippen MR) is 131 cm³/mol. The zero-order valence-corrected chi connectivity index (χ0v) is 19.8. The SMILES string of the molecule is CC(N[C@@H]1CCCC[C@H]1NS(=O)(=O)c1cccc(Cl)c1)c1cccc2ccccc12.Cl. The van der Waals surface area contributed by atoms with E-state index in [2.05, 4.69) is 53.4 Å². The highest BCUT2D eigenvalue weighted by atomic mass is 35.5. The van der Waals surface area contributed by atoms with Gasteiger partial charge in [-0.3, -0.25) is 0 Å².